The Labute approximate surface area is 89.1 Å². The molecular formula is C10H17N3O2. The maximum atomic E-state index is 10.3. The van der Waals surface area contributed by atoms with Crippen LogP contribution in [0.4, 0.5) is 0 Å². The number of aliphatic carboxylic acids is 1. The van der Waals surface area contributed by atoms with E-state index in [1.54, 1.807) is 0 Å². The van der Waals surface area contributed by atoms with Gasteiger partial charge in [-0.25, -0.2) is 0 Å². The van der Waals surface area contributed by atoms with Crippen LogP contribution in [0.15, 0.2) is 6.07 Å². The van der Waals surface area contributed by atoms with Gasteiger partial charge in [0.05, 0.1) is 17.9 Å². The molecule has 5 heteroatoms. The molecule has 84 valence electrons. The normalized spacial score (nSPS) is 10.5. The van der Waals surface area contributed by atoms with E-state index >= 15 is 0 Å². The second kappa shape index (κ2) is 5.50. The minimum absolute atomic E-state index is 0.0175. The molecule has 15 heavy (non-hydrogen) atoms. The molecular weight excluding hydrogens is 194 g/mol. The number of carboxylic acid groups (broad SMARTS) is 1. The maximum absolute atomic E-state index is 10.3. The zero-order chi connectivity index (χ0) is 11.3. The third-order valence-corrected chi connectivity index (χ3v) is 2.16. The van der Waals surface area contributed by atoms with Gasteiger partial charge < -0.3 is 10.4 Å². The lowest BCUT2D eigenvalue weighted by molar-refractivity contribution is -0.136. The van der Waals surface area contributed by atoms with E-state index in [9.17, 15) is 4.79 Å². The molecule has 0 saturated carbocycles. The Morgan fingerprint density at radius 3 is 2.87 bits per heavy atom. The van der Waals surface area contributed by atoms with Gasteiger partial charge in [-0.15, -0.1) is 0 Å². The third-order valence-electron chi connectivity index (χ3n) is 2.16. The Morgan fingerprint density at radius 2 is 2.33 bits per heavy atom. The first-order valence-electron chi connectivity index (χ1n) is 5.15. The standard InChI is InChI=1S/C10H17N3O2/c1-3-8-5-9(13(4-2)12-8)6-11-7-10(14)15/h5,11H,3-4,6-7H2,1-2H3,(H,14,15). The van der Waals surface area contributed by atoms with E-state index in [0.717, 1.165) is 24.4 Å². The third kappa shape index (κ3) is 3.36. The molecule has 0 aliphatic heterocycles. The summed E-state index contributed by atoms with van der Waals surface area (Å²) in [5.74, 6) is -0.840. The average molecular weight is 211 g/mol. The van der Waals surface area contributed by atoms with Crippen LogP contribution in [-0.4, -0.2) is 27.4 Å². The minimum Gasteiger partial charge on any atom is -0.480 e. The van der Waals surface area contributed by atoms with Crippen LogP contribution >= 0.6 is 0 Å². The molecule has 1 aromatic heterocycles. The van der Waals surface area contributed by atoms with Gasteiger partial charge in [0.15, 0.2) is 0 Å². The van der Waals surface area contributed by atoms with Crippen molar-refractivity contribution in [3.63, 3.8) is 0 Å². The van der Waals surface area contributed by atoms with E-state index in [0.29, 0.717) is 6.54 Å². The summed E-state index contributed by atoms with van der Waals surface area (Å²) in [5, 5.41) is 15.7. The van der Waals surface area contributed by atoms with Crippen molar-refractivity contribution in [2.45, 2.75) is 33.4 Å². The van der Waals surface area contributed by atoms with Crippen molar-refractivity contribution in [3.8, 4) is 0 Å². The highest BCUT2D eigenvalue weighted by Gasteiger charge is 2.05. The molecule has 0 radical (unpaired) electrons. The lowest BCUT2D eigenvalue weighted by Crippen LogP contribution is -2.23. The molecule has 5 nitrogen and oxygen atoms in total. The topological polar surface area (TPSA) is 67.2 Å². The van der Waals surface area contributed by atoms with Crippen molar-refractivity contribution in [2.24, 2.45) is 0 Å². The van der Waals surface area contributed by atoms with Gasteiger partial charge in [-0.3, -0.25) is 9.48 Å². The fraction of sp³-hybridized carbons (Fsp3) is 0.600. The van der Waals surface area contributed by atoms with Gasteiger partial charge in [0.25, 0.3) is 0 Å². The second-order valence-corrected chi connectivity index (χ2v) is 3.29. The molecule has 0 spiro atoms. The van der Waals surface area contributed by atoms with Crippen LogP contribution in [0, 0.1) is 0 Å². The van der Waals surface area contributed by atoms with Crippen molar-refractivity contribution in [1.29, 1.82) is 0 Å². The van der Waals surface area contributed by atoms with Crippen molar-refractivity contribution < 1.29 is 9.90 Å². The van der Waals surface area contributed by atoms with E-state index in [-0.39, 0.29) is 6.54 Å². The predicted molar refractivity (Wildman–Crippen MR) is 56.6 cm³/mol. The first-order chi connectivity index (χ1) is 7.17. The van der Waals surface area contributed by atoms with Gasteiger partial charge in [-0.1, -0.05) is 6.92 Å². The highest BCUT2D eigenvalue weighted by atomic mass is 16.4. The van der Waals surface area contributed by atoms with Gasteiger partial charge in [-0.05, 0) is 19.4 Å². The quantitative estimate of drug-likeness (QED) is 0.724. The van der Waals surface area contributed by atoms with Gasteiger partial charge in [0.2, 0.25) is 0 Å². The molecule has 0 bridgehead atoms. The smallest absolute Gasteiger partial charge is 0.317 e. The summed E-state index contributed by atoms with van der Waals surface area (Å²) >= 11 is 0. The van der Waals surface area contributed by atoms with Crippen LogP contribution in [0.1, 0.15) is 25.2 Å². The Morgan fingerprint density at radius 1 is 1.60 bits per heavy atom. The molecule has 0 amide bonds. The molecule has 0 aliphatic carbocycles. The summed E-state index contributed by atoms with van der Waals surface area (Å²) in [6.45, 7) is 5.41. The number of hydrogen-bond donors (Lipinski definition) is 2. The highest BCUT2D eigenvalue weighted by molar-refractivity contribution is 5.68. The van der Waals surface area contributed by atoms with Crippen molar-refractivity contribution in [2.75, 3.05) is 6.54 Å². The first kappa shape index (κ1) is 11.7. The molecule has 0 atom stereocenters. The Kier molecular flexibility index (Phi) is 4.30. The molecule has 0 unspecified atom stereocenters. The van der Waals surface area contributed by atoms with Crippen molar-refractivity contribution in [3.05, 3.63) is 17.5 Å². The summed E-state index contributed by atoms with van der Waals surface area (Å²) in [7, 11) is 0. The van der Waals surface area contributed by atoms with E-state index < -0.39 is 5.97 Å². The SMILES string of the molecule is CCc1cc(CNCC(=O)O)n(CC)n1. The van der Waals surface area contributed by atoms with Gasteiger partial charge in [0, 0.05) is 13.1 Å². The van der Waals surface area contributed by atoms with Crippen LogP contribution in [0.2, 0.25) is 0 Å². The molecule has 0 saturated heterocycles. The lowest BCUT2D eigenvalue weighted by atomic mass is 10.3. The number of aryl methyl sites for hydroxylation is 2. The van der Waals surface area contributed by atoms with E-state index in [1.807, 2.05) is 17.7 Å². The first-order valence-corrected chi connectivity index (χ1v) is 5.15. The average Bonchev–Trinajstić information content (AvgIpc) is 2.60. The zero-order valence-electron chi connectivity index (χ0n) is 9.16. The van der Waals surface area contributed by atoms with Crippen LogP contribution in [0.3, 0.4) is 0 Å². The molecule has 2 N–H and O–H groups in total. The number of carboxylic acids is 1. The fourth-order valence-electron chi connectivity index (χ4n) is 1.40. The van der Waals surface area contributed by atoms with Gasteiger partial charge in [0.1, 0.15) is 0 Å². The summed E-state index contributed by atoms with van der Waals surface area (Å²) in [6, 6.07) is 2.01. The second-order valence-electron chi connectivity index (χ2n) is 3.29. The summed E-state index contributed by atoms with van der Waals surface area (Å²) in [6.07, 6.45) is 0.902. The van der Waals surface area contributed by atoms with E-state index in [1.165, 1.54) is 0 Å². The number of carbonyl (C=O) groups is 1. The highest BCUT2D eigenvalue weighted by Crippen LogP contribution is 2.04. The fourth-order valence-corrected chi connectivity index (χ4v) is 1.40. The van der Waals surface area contributed by atoms with Crippen molar-refractivity contribution in [1.82, 2.24) is 15.1 Å². The molecule has 0 aliphatic rings. The predicted octanol–water partition coefficient (Wildman–Crippen LogP) is 0.640. The lowest BCUT2D eigenvalue weighted by Gasteiger charge is -2.04. The van der Waals surface area contributed by atoms with Crippen LogP contribution in [-0.2, 0) is 24.3 Å². The molecule has 1 rings (SSSR count). The van der Waals surface area contributed by atoms with Crippen LogP contribution in [0.25, 0.3) is 0 Å². The minimum atomic E-state index is -0.840. The van der Waals surface area contributed by atoms with Crippen molar-refractivity contribution >= 4 is 5.97 Å². The van der Waals surface area contributed by atoms with Gasteiger partial charge in [-0.2, -0.15) is 5.10 Å². The van der Waals surface area contributed by atoms with E-state index in [2.05, 4.69) is 17.3 Å². The Hall–Kier alpha value is -1.36. The summed E-state index contributed by atoms with van der Waals surface area (Å²) in [4.78, 5) is 10.3. The molecule has 1 heterocycles. The number of nitrogens with one attached hydrogen (secondary N) is 1. The number of nitrogens with zero attached hydrogens (tertiary/aromatic N) is 2. The van der Waals surface area contributed by atoms with Crippen LogP contribution in [0.5, 0.6) is 0 Å². The number of hydrogen-bond acceptors (Lipinski definition) is 3. The van der Waals surface area contributed by atoms with Gasteiger partial charge >= 0.3 is 5.97 Å². The van der Waals surface area contributed by atoms with Crippen LogP contribution < -0.4 is 5.32 Å². The summed E-state index contributed by atoms with van der Waals surface area (Å²) in [5.41, 5.74) is 2.08. The number of rotatable bonds is 6. The zero-order valence-corrected chi connectivity index (χ0v) is 9.16. The number of aromatic nitrogens is 2. The Bertz CT molecular complexity index is 333. The maximum Gasteiger partial charge on any atom is 0.317 e. The largest absolute Gasteiger partial charge is 0.480 e. The molecule has 0 aromatic carbocycles. The molecule has 0 fully saturated rings. The Balaban J connectivity index is 2.58. The monoisotopic (exact) mass is 211 g/mol. The van der Waals surface area contributed by atoms with E-state index in [4.69, 9.17) is 5.11 Å². The summed E-state index contributed by atoms with van der Waals surface area (Å²) < 4.78 is 1.90. The molecule has 1 aromatic rings.